The molecule has 2 aromatic rings. The first kappa shape index (κ1) is 17.1. The number of hydrogen-bond acceptors (Lipinski definition) is 4. The van der Waals surface area contributed by atoms with Crippen LogP contribution < -0.4 is 20.7 Å². The number of amides is 3. The SMILES string of the molecule is CC(=O)Nc1ccc(NC(=O)NC(C)Oc2ccc(O)cc2)cc1. The normalized spacial score (nSPS) is 11.2. The van der Waals surface area contributed by atoms with Crippen molar-refractivity contribution in [2.24, 2.45) is 0 Å². The summed E-state index contributed by atoms with van der Waals surface area (Å²) < 4.78 is 5.51. The Bertz CT molecular complexity index is 699. The van der Waals surface area contributed by atoms with Crippen molar-refractivity contribution in [3.8, 4) is 11.5 Å². The predicted molar refractivity (Wildman–Crippen MR) is 91.1 cm³/mol. The highest BCUT2D eigenvalue weighted by atomic mass is 16.5. The lowest BCUT2D eigenvalue weighted by molar-refractivity contribution is -0.114. The van der Waals surface area contributed by atoms with Gasteiger partial charge in [-0.15, -0.1) is 0 Å². The number of benzene rings is 2. The summed E-state index contributed by atoms with van der Waals surface area (Å²) in [5.74, 6) is 0.511. The fourth-order valence-electron chi connectivity index (χ4n) is 1.95. The molecule has 0 radical (unpaired) electrons. The monoisotopic (exact) mass is 329 g/mol. The molecule has 0 aliphatic heterocycles. The molecule has 7 nitrogen and oxygen atoms in total. The van der Waals surface area contributed by atoms with Crippen LogP contribution in [0, 0.1) is 0 Å². The molecule has 7 heteroatoms. The van der Waals surface area contributed by atoms with Crippen LogP contribution >= 0.6 is 0 Å². The second kappa shape index (κ2) is 7.87. The molecule has 24 heavy (non-hydrogen) atoms. The van der Waals surface area contributed by atoms with Crippen LogP contribution in [0.2, 0.25) is 0 Å². The highest BCUT2D eigenvalue weighted by Gasteiger charge is 2.09. The van der Waals surface area contributed by atoms with E-state index < -0.39 is 12.3 Å². The fourth-order valence-corrected chi connectivity index (χ4v) is 1.95. The molecule has 0 fully saturated rings. The second-order valence-electron chi connectivity index (χ2n) is 5.11. The number of hydrogen-bond donors (Lipinski definition) is 4. The average molecular weight is 329 g/mol. The Labute approximate surface area is 139 Å². The third-order valence-corrected chi connectivity index (χ3v) is 2.95. The minimum atomic E-state index is -0.562. The molecule has 4 N–H and O–H groups in total. The Morgan fingerprint density at radius 1 is 0.958 bits per heavy atom. The third kappa shape index (κ3) is 5.53. The van der Waals surface area contributed by atoms with Gasteiger partial charge in [0.15, 0.2) is 6.23 Å². The molecule has 1 unspecified atom stereocenters. The zero-order chi connectivity index (χ0) is 17.5. The fraction of sp³-hybridized carbons (Fsp3) is 0.176. The maximum Gasteiger partial charge on any atom is 0.322 e. The number of phenolic OH excluding ortho intramolecular Hbond substituents is 1. The number of phenols is 1. The number of nitrogens with one attached hydrogen (secondary N) is 3. The molecular formula is C17H19N3O4. The molecule has 126 valence electrons. The number of ether oxygens (including phenoxy) is 1. The summed E-state index contributed by atoms with van der Waals surface area (Å²) in [6.45, 7) is 3.11. The molecule has 2 aromatic carbocycles. The number of anilines is 2. The van der Waals surface area contributed by atoms with Crippen LogP contribution in [-0.2, 0) is 4.79 Å². The van der Waals surface area contributed by atoms with E-state index in [0.717, 1.165) is 0 Å². The zero-order valence-corrected chi connectivity index (χ0v) is 13.4. The maximum absolute atomic E-state index is 11.9. The van der Waals surface area contributed by atoms with Gasteiger partial charge in [-0.3, -0.25) is 4.79 Å². The molecule has 0 spiro atoms. The number of carbonyl (C=O) groups is 2. The minimum Gasteiger partial charge on any atom is -0.508 e. The van der Waals surface area contributed by atoms with Gasteiger partial charge >= 0.3 is 6.03 Å². The molecule has 0 saturated heterocycles. The van der Waals surface area contributed by atoms with Gasteiger partial charge in [0.2, 0.25) is 5.91 Å². The number of rotatable bonds is 5. The van der Waals surface area contributed by atoms with Crippen molar-refractivity contribution in [3.63, 3.8) is 0 Å². The van der Waals surface area contributed by atoms with Crippen molar-refractivity contribution >= 4 is 23.3 Å². The smallest absolute Gasteiger partial charge is 0.322 e. The Morgan fingerprint density at radius 2 is 1.50 bits per heavy atom. The Balaban J connectivity index is 1.83. The second-order valence-corrected chi connectivity index (χ2v) is 5.11. The zero-order valence-electron chi connectivity index (χ0n) is 13.4. The van der Waals surface area contributed by atoms with Crippen molar-refractivity contribution in [1.29, 1.82) is 0 Å². The van der Waals surface area contributed by atoms with Gasteiger partial charge in [0.05, 0.1) is 0 Å². The number of urea groups is 1. The lowest BCUT2D eigenvalue weighted by Crippen LogP contribution is -2.39. The van der Waals surface area contributed by atoms with E-state index in [-0.39, 0.29) is 11.7 Å². The average Bonchev–Trinajstić information content (AvgIpc) is 2.51. The van der Waals surface area contributed by atoms with Crippen LogP contribution in [0.3, 0.4) is 0 Å². The van der Waals surface area contributed by atoms with Gasteiger partial charge in [-0.1, -0.05) is 0 Å². The van der Waals surface area contributed by atoms with Gasteiger partial charge in [-0.2, -0.15) is 0 Å². The molecule has 0 saturated carbocycles. The molecule has 0 heterocycles. The molecule has 0 aromatic heterocycles. The van der Waals surface area contributed by atoms with E-state index in [2.05, 4.69) is 16.0 Å². The van der Waals surface area contributed by atoms with Gasteiger partial charge in [-0.25, -0.2) is 4.79 Å². The van der Waals surface area contributed by atoms with Crippen LogP contribution in [0.15, 0.2) is 48.5 Å². The van der Waals surface area contributed by atoms with Gasteiger partial charge in [-0.05, 0) is 55.5 Å². The first-order valence-corrected chi connectivity index (χ1v) is 7.33. The number of carbonyl (C=O) groups excluding carboxylic acids is 2. The van der Waals surface area contributed by atoms with Crippen LogP contribution in [0.4, 0.5) is 16.2 Å². The summed E-state index contributed by atoms with van der Waals surface area (Å²) in [4.78, 5) is 22.9. The quantitative estimate of drug-likeness (QED) is 0.634. The van der Waals surface area contributed by atoms with E-state index >= 15 is 0 Å². The van der Waals surface area contributed by atoms with E-state index in [1.165, 1.54) is 19.1 Å². The van der Waals surface area contributed by atoms with Gasteiger partial charge in [0, 0.05) is 18.3 Å². The predicted octanol–water partition coefficient (Wildman–Crippen LogP) is 2.90. The van der Waals surface area contributed by atoms with Crippen LogP contribution in [-0.4, -0.2) is 23.3 Å². The Morgan fingerprint density at radius 3 is 2.04 bits per heavy atom. The highest BCUT2D eigenvalue weighted by molar-refractivity contribution is 5.91. The standard InChI is InChI=1S/C17H19N3O4/c1-11(21)18-13-3-5-14(6-4-13)20-17(23)19-12(2)24-16-9-7-15(22)8-10-16/h3-10,12,22H,1-2H3,(H,18,21)(H2,19,20,23). The summed E-state index contributed by atoms with van der Waals surface area (Å²) in [5, 5.41) is 17.2. The maximum atomic E-state index is 11.9. The number of aromatic hydroxyl groups is 1. The molecular weight excluding hydrogens is 310 g/mol. The molecule has 3 amide bonds. The summed E-state index contributed by atoms with van der Waals surface area (Å²) in [7, 11) is 0. The van der Waals surface area contributed by atoms with Gasteiger partial charge < -0.3 is 25.8 Å². The van der Waals surface area contributed by atoms with E-state index in [0.29, 0.717) is 17.1 Å². The van der Waals surface area contributed by atoms with Crippen molar-refractivity contribution in [2.75, 3.05) is 10.6 Å². The van der Waals surface area contributed by atoms with Crippen molar-refractivity contribution < 1.29 is 19.4 Å². The van der Waals surface area contributed by atoms with Crippen LogP contribution in [0.1, 0.15) is 13.8 Å². The largest absolute Gasteiger partial charge is 0.508 e. The summed E-state index contributed by atoms with van der Waals surface area (Å²) in [5.41, 5.74) is 1.23. The van der Waals surface area contributed by atoms with Crippen molar-refractivity contribution in [3.05, 3.63) is 48.5 Å². The Hall–Kier alpha value is -3.22. The van der Waals surface area contributed by atoms with Crippen LogP contribution in [0.5, 0.6) is 11.5 Å². The minimum absolute atomic E-state index is 0.142. The highest BCUT2D eigenvalue weighted by Crippen LogP contribution is 2.17. The lowest BCUT2D eigenvalue weighted by atomic mass is 10.3. The summed E-state index contributed by atoms with van der Waals surface area (Å²) in [6, 6.07) is 12.5. The van der Waals surface area contributed by atoms with E-state index in [9.17, 15) is 14.7 Å². The van der Waals surface area contributed by atoms with Crippen LogP contribution in [0.25, 0.3) is 0 Å². The van der Waals surface area contributed by atoms with Gasteiger partial charge in [0.1, 0.15) is 11.5 Å². The summed E-state index contributed by atoms with van der Waals surface area (Å²) >= 11 is 0. The molecule has 0 aliphatic rings. The molecule has 0 aliphatic carbocycles. The van der Waals surface area contributed by atoms with Crippen molar-refractivity contribution in [2.45, 2.75) is 20.1 Å². The lowest BCUT2D eigenvalue weighted by Gasteiger charge is -2.17. The first-order valence-electron chi connectivity index (χ1n) is 7.33. The van der Waals surface area contributed by atoms with E-state index in [1.54, 1.807) is 43.3 Å². The van der Waals surface area contributed by atoms with Crippen molar-refractivity contribution in [1.82, 2.24) is 5.32 Å². The van der Waals surface area contributed by atoms with Gasteiger partial charge in [0.25, 0.3) is 0 Å². The molecule has 0 bridgehead atoms. The third-order valence-electron chi connectivity index (χ3n) is 2.95. The summed E-state index contributed by atoms with van der Waals surface area (Å²) in [6.07, 6.45) is -0.562. The van der Waals surface area contributed by atoms with E-state index in [1.807, 2.05) is 0 Å². The molecule has 1 atom stereocenters. The topological polar surface area (TPSA) is 99.7 Å². The van der Waals surface area contributed by atoms with E-state index in [4.69, 9.17) is 4.74 Å². The first-order chi connectivity index (χ1) is 11.4. The Kier molecular flexibility index (Phi) is 5.62. The molecule has 2 rings (SSSR count).